The van der Waals surface area contributed by atoms with Gasteiger partial charge >= 0.3 is 12.7 Å². The van der Waals surface area contributed by atoms with Gasteiger partial charge in [0, 0.05) is 0 Å². The van der Waals surface area contributed by atoms with E-state index in [0.29, 0.717) is 0 Å². The molecule has 72 valence electrons. The molecule has 1 amide bonds. The molecule has 0 heterocycles. The van der Waals surface area contributed by atoms with Gasteiger partial charge in [0.1, 0.15) is 0 Å². The third-order valence-corrected chi connectivity index (χ3v) is 0.971. The number of alkyl halides is 2. The zero-order chi connectivity index (χ0) is 9.56. The van der Waals surface area contributed by atoms with E-state index in [1.54, 1.807) is 5.32 Å². The second-order valence-corrected chi connectivity index (χ2v) is 1.92. The first-order valence-corrected chi connectivity index (χ1v) is 3.06. The molecule has 7 heteroatoms. The molecule has 1 atom stereocenters. The lowest BCUT2D eigenvalue weighted by Crippen LogP contribution is -2.40. The highest BCUT2D eigenvalue weighted by Crippen LogP contribution is 1.95. The van der Waals surface area contributed by atoms with Gasteiger partial charge in [0.05, 0.1) is 19.3 Å². The molecule has 3 N–H and O–H groups in total. The highest BCUT2D eigenvalue weighted by molar-refractivity contribution is 5.64. The van der Waals surface area contributed by atoms with E-state index in [1.165, 1.54) is 0 Å². The van der Waals surface area contributed by atoms with Crippen LogP contribution in [0.4, 0.5) is 13.6 Å². The Kier molecular flexibility index (Phi) is 5.22. The molecule has 0 fully saturated rings. The molecule has 0 rings (SSSR count). The number of halogens is 2. The molecule has 0 aliphatic carbocycles. The molecule has 0 unspecified atom stereocenters. The number of amides is 1. The summed E-state index contributed by atoms with van der Waals surface area (Å²) in [6.07, 6.45) is -1.40. The summed E-state index contributed by atoms with van der Waals surface area (Å²) in [5.41, 5.74) is 0. The maximum atomic E-state index is 11.4. The number of hydrogen-bond acceptors (Lipinski definition) is 3. The van der Waals surface area contributed by atoms with Crippen LogP contribution in [0.2, 0.25) is 0 Å². The first-order chi connectivity index (χ1) is 5.56. The summed E-state index contributed by atoms with van der Waals surface area (Å²) in [5, 5.41) is 18.3. The Hall–Kier alpha value is -0.950. The van der Waals surface area contributed by atoms with E-state index >= 15 is 0 Å². The summed E-state index contributed by atoms with van der Waals surface area (Å²) in [6, 6.07) is -1.02. The van der Waals surface area contributed by atoms with Crippen molar-refractivity contribution >= 4 is 6.09 Å². The molecule has 0 spiro atoms. The first kappa shape index (κ1) is 11.1. The molecule has 0 bridgehead atoms. The topological polar surface area (TPSA) is 78.8 Å². The van der Waals surface area contributed by atoms with Crippen LogP contribution in [0.1, 0.15) is 0 Å². The van der Waals surface area contributed by atoms with Crippen molar-refractivity contribution in [3.05, 3.63) is 0 Å². The van der Waals surface area contributed by atoms with Crippen LogP contribution >= 0.6 is 0 Å². The van der Waals surface area contributed by atoms with Crippen molar-refractivity contribution in [2.45, 2.75) is 12.7 Å². The van der Waals surface area contributed by atoms with Crippen LogP contribution in [0.15, 0.2) is 0 Å². The highest BCUT2D eigenvalue weighted by Gasteiger charge is 2.12. The Morgan fingerprint density at radius 2 is 2.17 bits per heavy atom. The van der Waals surface area contributed by atoms with Crippen LogP contribution in [-0.4, -0.2) is 42.2 Å². The lowest BCUT2D eigenvalue weighted by molar-refractivity contribution is -0.135. The van der Waals surface area contributed by atoms with Crippen LogP contribution in [-0.2, 0) is 4.74 Å². The second-order valence-electron chi connectivity index (χ2n) is 1.92. The smallest absolute Gasteiger partial charge is 0.405 e. The van der Waals surface area contributed by atoms with Gasteiger partial charge in [-0.2, -0.15) is 8.78 Å². The Balaban J connectivity index is 3.60. The van der Waals surface area contributed by atoms with Crippen molar-refractivity contribution < 1.29 is 28.5 Å². The fourth-order valence-electron chi connectivity index (χ4n) is 0.504. The summed E-state index contributed by atoms with van der Waals surface area (Å²) in [7, 11) is 0. The third kappa shape index (κ3) is 5.81. The molecule has 0 saturated heterocycles. The van der Waals surface area contributed by atoms with E-state index in [0.717, 1.165) is 0 Å². The summed E-state index contributed by atoms with van der Waals surface area (Å²) < 4.78 is 26.6. The maximum absolute atomic E-state index is 11.4. The maximum Gasteiger partial charge on any atom is 0.405 e. The van der Waals surface area contributed by atoms with E-state index in [1.807, 2.05) is 0 Å². The molecule has 0 radical (unpaired) electrons. The predicted molar refractivity (Wildman–Crippen MR) is 34.0 cm³/mol. The highest BCUT2D eigenvalue weighted by atomic mass is 19.3. The van der Waals surface area contributed by atoms with Gasteiger partial charge in [-0.25, -0.2) is 4.79 Å². The largest absolute Gasteiger partial charge is 0.465 e. The number of carboxylic acid groups (broad SMARTS) is 1. The minimum atomic E-state index is -2.96. The fraction of sp³-hybridized carbons (Fsp3) is 0.800. The van der Waals surface area contributed by atoms with Gasteiger partial charge in [0.25, 0.3) is 0 Å². The number of hydrogen-bond donors (Lipinski definition) is 3. The average molecular weight is 185 g/mol. The third-order valence-electron chi connectivity index (χ3n) is 0.971. The number of carbonyl (C=O) groups is 1. The van der Waals surface area contributed by atoms with Gasteiger partial charge in [0.2, 0.25) is 0 Å². The van der Waals surface area contributed by atoms with E-state index in [4.69, 9.17) is 10.2 Å². The van der Waals surface area contributed by atoms with Gasteiger partial charge in [-0.3, -0.25) is 0 Å². The van der Waals surface area contributed by atoms with Gasteiger partial charge in [-0.05, 0) is 0 Å². The summed E-state index contributed by atoms with van der Waals surface area (Å²) >= 11 is 0. The number of aliphatic hydroxyl groups excluding tert-OH is 1. The molecule has 0 aromatic rings. The van der Waals surface area contributed by atoms with Crippen molar-refractivity contribution in [1.29, 1.82) is 0 Å². The fourth-order valence-corrected chi connectivity index (χ4v) is 0.504. The second kappa shape index (κ2) is 5.67. The Bertz CT molecular complexity index is 143. The predicted octanol–water partition coefficient (Wildman–Crippen LogP) is -0.146. The standard InChI is InChI=1S/C5H9F2NO4/c6-4(7)12-2-3(1-9)8-5(10)11/h3-4,8-9H,1-2H2,(H,10,11)/t3-/m1/s1. The molecular weight excluding hydrogens is 176 g/mol. The van der Waals surface area contributed by atoms with Crippen molar-refractivity contribution in [3.8, 4) is 0 Å². The minimum absolute atomic E-state index is 0.555. The molecule has 0 aromatic heterocycles. The van der Waals surface area contributed by atoms with Crippen molar-refractivity contribution in [2.24, 2.45) is 0 Å². The SMILES string of the molecule is O=C(O)N[C@H](CO)COC(F)F. The lowest BCUT2D eigenvalue weighted by atomic mass is 10.3. The summed E-state index contributed by atoms with van der Waals surface area (Å²) in [5.74, 6) is 0. The molecule has 0 saturated carbocycles. The quantitative estimate of drug-likeness (QED) is 0.556. The summed E-state index contributed by atoms with van der Waals surface area (Å²) in [4.78, 5) is 9.95. The number of rotatable bonds is 5. The average Bonchev–Trinajstić information content (AvgIpc) is 1.97. The van der Waals surface area contributed by atoms with Crippen LogP contribution in [0, 0.1) is 0 Å². The lowest BCUT2D eigenvalue weighted by Gasteiger charge is -2.13. The van der Waals surface area contributed by atoms with Gasteiger partial charge in [0.15, 0.2) is 0 Å². The summed E-state index contributed by atoms with van der Waals surface area (Å²) in [6.45, 7) is -4.10. The molecule has 0 aromatic carbocycles. The van der Waals surface area contributed by atoms with Crippen LogP contribution in [0.25, 0.3) is 0 Å². The molecule has 0 aliphatic rings. The van der Waals surface area contributed by atoms with Crippen LogP contribution < -0.4 is 5.32 Å². The van der Waals surface area contributed by atoms with Gasteiger partial charge < -0.3 is 20.3 Å². The van der Waals surface area contributed by atoms with E-state index in [9.17, 15) is 13.6 Å². The number of nitrogens with one attached hydrogen (secondary N) is 1. The van der Waals surface area contributed by atoms with Crippen molar-refractivity contribution in [1.82, 2.24) is 5.32 Å². The first-order valence-electron chi connectivity index (χ1n) is 3.06. The Labute approximate surface area is 66.9 Å². The Morgan fingerprint density at radius 3 is 2.50 bits per heavy atom. The van der Waals surface area contributed by atoms with Crippen molar-refractivity contribution in [3.63, 3.8) is 0 Å². The van der Waals surface area contributed by atoms with Crippen LogP contribution in [0.3, 0.4) is 0 Å². The number of ether oxygens (including phenoxy) is 1. The van der Waals surface area contributed by atoms with Gasteiger partial charge in [-0.15, -0.1) is 0 Å². The zero-order valence-corrected chi connectivity index (χ0v) is 6.04. The molecule has 0 aliphatic heterocycles. The van der Waals surface area contributed by atoms with Crippen molar-refractivity contribution in [2.75, 3.05) is 13.2 Å². The van der Waals surface area contributed by atoms with Gasteiger partial charge in [-0.1, -0.05) is 0 Å². The Morgan fingerprint density at radius 1 is 1.58 bits per heavy atom. The van der Waals surface area contributed by atoms with E-state index < -0.39 is 32.0 Å². The molecular formula is C5H9F2NO4. The normalized spacial score (nSPS) is 13.0. The minimum Gasteiger partial charge on any atom is -0.465 e. The van der Waals surface area contributed by atoms with Crippen LogP contribution in [0.5, 0.6) is 0 Å². The van der Waals surface area contributed by atoms with E-state index in [-0.39, 0.29) is 0 Å². The monoisotopic (exact) mass is 185 g/mol. The molecule has 5 nitrogen and oxygen atoms in total. The number of aliphatic hydroxyl groups is 1. The zero-order valence-electron chi connectivity index (χ0n) is 6.04. The van der Waals surface area contributed by atoms with E-state index in [2.05, 4.69) is 4.74 Å². The molecule has 12 heavy (non-hydrogen) atoms.